The van der Waals surface area contributed by atoms with Gasteiger partial charge in [-0.2, -0.15) is 5.26 Å². The largest absolute Gasteiger partial charge is 0.324 e. The third-order valence-electron chi connectivity index (χ3n) is 4.06. The number of amides is 1. The van der Waals surface area contributed by atoms with E-state index in [2.05, 4.69) is 15.3 Å². The number of nitro benzene ring substituents is 1. The predicted molar refractivity (Wildman–Crippen MR) is 109 cm³/mol. The number of carbonyl (C=O) groups excluding carboxylic acids is 1. The summed E-state index contributed by atoms with van der Waals surface area (Å²) < 4.78 is 0. The molecule has 0 saturated heterocycles. The van der Waals surface area contributed by atoms with Crippen molar-refractivity contribution in [3.63, 3.8) is 0 Å². The van der Waals surface area contributed by atoms with Crippen LogP contribution in [0.4, 0.5) is 11.4 Å². The Morgan fingerprint density at radius 1 is 1.36 bits per heavy atom. The summed E-state index contributed by atoms with van der Waals surface area (Å²) in [7, 11) is 0. The number of thiophene rings is 1. The smallest absolute Gasteiger partial charge is 0.270 e. The van der Waals surface area contributed by atoms with Crippen LogP contribution in [0.5, 0.6) is 0 Å². The minimum absolute atomic E-state index is 0.0390. The van der Waals surface area contributed by atoms with E-state index in [4.69, 9.17) is 0 Å². The van der Waals surface area contributed by atoms with E-state index in [0.29, 0.717) is 5.82 Å². The summed E-state index contributed by atoms with van der Waals surface area (Å²) in [4.78, 5) is 33.6. The molecule has 1 aromatic carbocycles. The molecule has 0 unspecified atom stereocenters. The van der Waals surface area contributed by atoms with E-state index in [1.165, 1.54) is 23.9 Å². The highest BCUT2D eigenvalue weighted by Gasteiger charge is 2.16. The number of nitro groups is 1. The third kappa shape index (κ3) is 3.95. The summed E-state index contributed by atoms with van der Waals surface area (Å²) in [6, 6.07) is 5.61. The number of hydrogen-bond donors (Lipinski definition) is 1. The molecular weight excluding hydrogens is 398 g/mol. The molecule has 1 amide bonds. The van der Waals surface area contributed by atoms with E-state index >= 15 is 0 Å². The Morgan fingerprint density at radius 2 is 2.11 bits per heavy atom. The summed E-state index contributed by atoms with van der Waals surface area (Å²) in [6.45, 7) is 5.84. The second-order valence-corrected chi connectivity index (χ2v) is 8.14. The minimum Gasteiger partial charge on any atom is -0.324 e. The van der Waals surface area contributed by atoms with Gasteiger partial charge >= 0.3 is 0 Å². The molecule has 0 radical (unpaired) electrons. The molecule has 3 aromatic rings. The van der Waals surface area contributed by atoms with Crippen molar-refractivity contribution >= 4 is 50.6 Å². The standard InChI is InChI=1S/C18H15N5O3S2/c1-9-10(2)28-18-16(9)17(20-11(3)21-18)27-8-15(24)22-14-5-4-13(23(25)26)6-12(14)7-19/h4-6H,8H2,1-3H3,(H,22,24). The third-order valence-corrected chi connectivity index (χ3v) is 6.13. The number of nitrogens with zero attached hydrogens (tertiary/aromatic N) is 4. The summed E-state index contributed by atoms with van der Waals surface area (Å²) in [6.07, 6.45) is 0. The fourth-order valence-corrected chi connectivity index (χ4v) is 4.66. The van der Waals surface area contributed by atoms with Crippen molar-refractivity contribution in [2.75, 3.05) is 11.1 Å². The lowest BCUT2D eigenvalue weighted by Gasteiger charge is -2.08. The molecule has 28 heavy (non-hydrogen) atoms. The monoisotopic (exact) mass is 413 g/mol. The van der Waals surface area contributed by atoms with Crippen molar-refractivity contribution in [1.82, 2.24) is 9.97 Å². The van der Waals surface area contributed by atoms with Crippen LogP contribution in [0.1, 0.15) is 21.8 Å². The van der Waals surface area contributed by atoms with E-state index in [0.717, 1.165) is 31.7 Å². The molecule has 0 aliphatic rings. The molecule has 0 aliphatic heterocycles. The molecule has 2 heterocycles. The second kappa shape index (κ2) is 7.92. The quantitative estimate of drug-likeness (QED) is 0.289. The maximum absolute atomic E-state index is 12.4. The Kier molecular flexibility index (Phi) is 5.58. The maximum Gasteiger partial charge on any atom is 0.270 e. The molecule has 2 aromatic heterocycles. The lowest BCUT2D eigenvalue weighted by molar-refractivity contribution is -0.384. The zero-order valence-corrected chi connectivity index (χ0v) is 16.9. The number of fused-ring (bicyclic) bond motifs is 1. The zero-order valence-electron chi connectivity index (χ0n) is 15.3. The van der Waals surface area contributed by atoms with Gasteiger partial charge in [0.15, 0.2) is 0 Å². The molecule has 1 N–H and O–H groups in total. The first-order valence-electron chi connectivity index (χ1n) is 8.15. The van der Waals surface area contributed by atoms with Crippen LogP contribution < -0.4 is 5.32 Å². The number of hydrogen-bond acceptors (Lipinski definition) is 8. The van der Waals surface area contributed by atoms with Crippen molar-refractivity contribution < 1.29 is 9.72 Å². The van der Waals surface area contributed by atoms with Crippen LogP contribution >= 0.6 is 23.1 Å². The molecule has 0 bridgehead atoms. The highest BCUT2D eigenvalue weighted by atomic mass is 32.2. The molecule has 0 spiro atoms. The SMILES string of the molecule is Cc1nc(SCC(=O)Nc2ccc([N+](=O)[O-])cc2C#N)c2c(C)c(C)sc2n1. The zero-order chi connectivity index (χ0) is 20.4. The number of nitriles is 1. The molecule has 0 saturated carbocycles. The van der Waals surface area contributed by atoms with Gasteiger partial charge in [-0.15, -0.1) is 11.3 Å². The number of thioether (sulfide) groups is 1. The van der Waals surface area contributed by atoms with Crippen LogP contribution in [0.15, 0.2) is 23.2 Å². The van der Waals surface area contributed by atoms with Crippen molar-refractivity contribution in [2.24, 2.45) is 0 Å². The molecule has 0 atom stereocenters. The first kappa shape index (κ1) is 19.7. The molecule has 0 fully saturated rings. The molecule has 0 aliphatic carbocycles. The summed E-state index contributed by atoms with van der Waals surface area (Å²) in [5, 5.41) is 24.3. The second-order valence-electron chi connectivity index (χ2n) is 5.98. The van der Waals surface area contributed by atoms with Crippen LogP contribution in [0.3, 0.4) is 0 Å². The Hall–Kier alpha value is -3.03. The number of anilines is 1. The summed E-state index contributed by atoms with van der Waals surface area (Å²) in [5.41, 5.74) is 1.18. The Balaban J connectivity index is 1.78. The predicted octanol–water partition coefficient (Wildman–Crippen LogP) is 4.13. The first-order chi connectivity index (χ1) is 13.3. The number of nitrogens with one attached hydrogen (secondary N) is 1. The normalized spacial score (nSPS) is 10.6. The van der Waals surface area contributed by atoms with E-state index in [1.807, 2.05) is 26.8 Å². The van der Waals surface area contributed by atoms with E-state index in [9.17, 15) is 20.2 Å². The van der Waals surface area contributed by atoms with Gasteiger partial charge in [-0.1, -0.05) is 11.8 Å². The Bertz CT molecular complexity index is 1150. The molecular formula is C18H15N5O3S2. The van der Waals surface area contributed by atoms with E-state index in [1.54, 1.807) is 11.3 Å². The minimum atomic E-state index is -0.587. The Morgan fingerprint density at radius 3 is 2.79 bits per heavy atom. The number of aromatic nitrogens is 2. The topological polar surface area (TPSA) is 122 Å². The van der Waals surface area contributed by atoms with Crippen molar-refractivity contribution in [1.29, 1.82) is 5.26 Å². The average Bonchev–Trinajstić information content (AvgIpc) is 2.93. The highest BCUT2D eigenvalue weighted by Crippen LogP contribution is 2.35. The summed E-state index contributed by atoms with van der Waals surface area (Å²) in [5.74, 6) is 0.394. The summed E-state index contributed by atoms with van der Waals surface area (Å²) >= 11 is 2.89. The lowest BCUT2D eigenvalue weighted by atomic mass is 10.1. The van der Waals surface area contributed by atoms with Gasteiger partial charge in [-0.3, -0.25) is 14.9 Å². The number of aryl methyl sites for hydroxylation is 3. The number of benzene rings is 1. The van der Waals surface area contributed by atoms with E-state index < -0.39 is 4.92 Å². The fourth-order valence-electron chi connectivity index (χ4n) is 2.59. The van der Waals surface area contributed by atoms with Crippen LogP contribution in [-0.2, 0) is 4.79 Å². The maximum atomic E-state index is 12.4. The molecule has 142 valence electrons. The highest BCUT2D eigenvalue weighted by molar-refractivity contribution is 8.00. The van der Waals surface area contributed by atoms with Gasteiger partial charge in [-0.25, -0.2) is 9.97 Å². The van der Waals surface area contributed by atoms with Crippen LogP contribution in [0, 0.1) is 42.2 Å². The van der Waals surface area contributed by atoms with Crippen LogP contribution in [0.2, 0.25) is 0 Å². The number of rotatable bonds is 5. The molecule has 3 rings (SSSR count). The van der Waals surface area contributed by atoms with Gasteiger partial charge in [0.05, 0.1) is 21.9 Å². The number of carbonyl (C=O) groups is 1. The number of non-ortho nitro benzene ring substituents is 1. The van der Waals surface area contributed by atoms with Crippen molar-refractivity contribution in [3.05, 3.63) is 50.1 Å². The van der Waals surface area contributed by atoms with Crippen LogP contribution in [0.25, 0.3) is 10.2 Å². The van der Waals surface area contributed by atoms with Gasteiger partial charge in [0, 0.05) is 22.4 Å². The van der Waals surface area contributed by atoms with Crippen molar-refractivity contribution in [2.45, 2.75) is 25.8 Å². The molecule has 10 heteroatoms. The van der Waals surface area contributed by atoms with Gasteiger partial charge in [0.1, 0.15) is 21.7 Å². The van der Waals surface area contributed by atoms with Crippen molar-refractivity contribution in [3.8, 4) is 6.07 Å². The average molecular weight is 413 g/mol. The Labute approximate surface area is 168 Å². The van der Waals surface area contributed by atoms with Gasteiger partial charge in [0.2, 0.25) is 5.91 Å². The fraction of sp³-hybridized carbons (Fsp3) is 0.222. The first-order valence-corrected chi connectivity index (χ1v) is 9.96. The van der Waals surface area contributed by atoms with Gasteiger partial charge in [0.25, 0.3) is 5.69 Å². The van der Waals surface area contributed by atoms with Crippen LogP contribution in [-0.4, -0.2) is 26.6 Å². The van der Waals surface area contributed by atoms with E-state index in [-0.39, 0.29) is 28.6 Å². The molecule has 8 nitrogen and oxygen atoms in total. The van der Waals surface area contributed by atoms with Gasteiger partial charge < -0.3 is 5.32 Å². The lowest BCUT2D eigenvalue weighted by Crippen LogP contribution is -2.15. The van der Waals surface area contributed by atoms with Gasteiger partial charge in [-0.05, 0) is 32.4 Å².